The van der Waals surface area contributed by atoms with Gasteiger partial charge in [0.25, 0.3) is 9.84 Å². The molecular formula is C11H12F3NO3S. The van der Waals surface area contributed by atoms with Gasteiger partial charge in [-0.2, -0.15) is 13.2 Å². The molecule has 0 atom stereocenters. The van der Waals surface area contributed by atoms with Gasteiger partial charge in [-0.3, -0.25) is 0 Å². The van der Waals surface area contributed by atoms with E-state index in [9.17, 15) is 21.6 Å². The molecule has 0 radical (unpaired) electrons. The number of halogens is 3. The van der Waals surface area contributed by atoms with Crippen LogP contribution in [0.5, 0.6) is 0 Å². The molecule has 1 aliphatic rings. The van der Waals surface area contributed by atoms with Crippen molar-refractivity contribution in [3.63, 3.8) is 0 Å². The molecule has 2 rings (SSSR count). The summed E-state index contributed by atoms with van der Waals surface area (Å²) in [5.41, 5.74) is -5.42. The smallest absolute Gasteiger partial charge is 0.393 e. The van der Waals surface area contributed by atoms with E-state index >= 15 is 0 Å². The van der Waals surface area contributed by atoms with Crippen LogP contribution in [0.4, 0.5) is 18.9 Å². The third-order valence-electron chi connectivity index (χ3n) is 2.95. The van der Waals surface area contributed by atoms with Crippen LogP contribution in [0.25, 0.3) is 0 Å². The Morgan fingerprint density at radius 3 is 2.32 bits per heavy atom. The minimum Gasteiger partial charge on any atom is -0.393 e. The summed E-state index contributed by atoms with van der Waals surface area (Å²) in [5, 5.41) is 11.8. The number of sulfone groups is 1. The Balaban J connectivity index is 2.31. The number of anilines is 1. The second kappa shape index (κ2) is 4.68. The normalized spacial score (nSPS) is 23.8. The first-order valence-electron chi connectivity index (χ1n) is 5.57. The van der Waals surface area contributed by atoms with E-state index < -0.39 is 26.3 Å². The van der Waals surface area contributed by atoms with E-state index in [1.165, 1.54) is 18.2 Å². The summed E-state index contributed by atoms with van der Waals surface area (Å²) in [6.07, 6.45) is 0.296. The van der Waals surface area contributed by atoms with E-state index in [0.29, 0.717) is 12.8 Å². The summed E-state index contributed by atoms with van der Waals surface area (Å²) in [4.78, 5) is -0.788. The van der Waals surface area contributed by atoms with E-state index in [-0.39, 0.29) is 11.7 Å². The summed E-state index contributed by atoms with van der Waals surface area (Å²) in [6, 6.07) is 4.68. The first-order chi connectivity index (χ1) is 8.72. The van der Waals surface area contributed by atoms with Gasteiger partial charge in [-0.1, -0.05) is 12.1 Å². The van der Waals surface area contributed by atoms with Crippen molar-refractivity contribution in [1.29, 1.82) is 0 Å². The predicted octanol–water partition coefficient (Wildman–Crippen LogP) is 1.92. The lowest BCUT2D eigenvalue weighted by molar-refractivity contribution is -0.0435. The lowest BCUT2D eigenvalue weighted by atomic mass is 9.89. The van der Waals surface area contributed by atoms with Crippen LogP contribution >= 0.6 is 0 Å². The monoisotopic (exact) mass is 295 g/mol. The quantitative estimate of drug-likeness (QED) is 0.894. The van der Waals surface area contributed by atoms with Crippen molar-refractivity contribution in [3.8, 4) is 0 Å². The first-order valence-corrected chi connectivity index (χ1v) is 7.05. The third-order valence-corrected chi connectivity index (χ3v) is 4.50. The van der Waals surface area contributed by atoms with Crippen LogP contribution in [0.3, 0.4) is 0 Å². The lowest BCUT2D eigenvalue weighted by Crippen LogP contribution is -2.39. The average Bonchev–Trinajstić information content (AvgIpc) is 2.26. The second-order valence-electron chi connectivity index (χ2n) is 4.41. The van der Waals surface area contributed by atoms with Gasteiger partial charge in [0.2, 0.25) is 0 Å². The van der Waals surface area contributed by atoms with E-state index in [1.54, 1.807) is 0 Å². The van der Waals surface area contributed by atoms with E-state index in [0.717, 1.165) is 6.07 Å². The Kier molecular flexibility index (Phi) is 3.48. The van der Waals surface area contributed by atoms with Gasteiger partial charge in [-0.05, 0) is 25.0 Å². The van der Waals surface area contributed by atoms with Crippen molar-refractivity contribution in [2.24, 2.45) is 0 Å². The van der Waals surface area contributed by atoms with E-state index in [2.05, 4.69) is 5.32 Å². The molecule has 0 aromatic heterocycles. The SMILES string of the molecule is O=S(=O)(c1ccccc1NC1CC(O)C1)C(F)(F)F. The zero-order valence-electron chi connectivity index (χ0n) is 9.68. The molecule has 1 fully saturated rings. The van der Waals surface area contributed by atoms with Crippen LogP contribution < -0.4 is 5.32 Å². The molecular weight excluding hydrogens is 283 g/mol. The van der Waals surface area contributed by atoms with Gasteiger partial charge in [0, 0.05) is 6.04 Å². The molecule has 4 nitrogen and oxygen atoms in total. The molecule has 0 saturated heterocycles. The van der Waals surface area contributed by atoms with Crippen LogP contribution in [0.1, 0.15) is 12.8 Å². The maximum atomic E-state index is 12.5. The molecule has 2 N–H and O–H groups in total. The predicted molar refractivity (Wildman–Crippen MR) is 62.3 cm³/mol. The molecule has 1 aromatic carbocycles. The minimum absolute atomic E-state index is 0.0864. The topological polar surface area (TPSA) is 66.4 Å². The molecule has 0 aliphatic heterocycles. The summed E-state index contributed by atoms with van der Waals surface area (Å²) in [7, 11) is -5.38. The summed E-state index contributed by atoms with van der Waals surface area (Å²) < 4.78 is 60.4. The zero-order valence-corrected chi connectivity index (χ0v) is 10.5. The van der Waals surface area contributed by atoms with Gasteiger partial charge in [0.05, 0.1) is 16.7 Å². The van der Waals surface area contributed by atoms with Crippen LogP contribution in [-0.2, 0) is 9.84 Å². The highest BCUT2D eigenvalue weighted by Gasteiger charge is 2.48. The number of hydrogen-bond donors (Lipinski definition) is 2. The molecule has 0 spiro atoms. The van der Waals surface area contributed by atoms with Gasteiger partial charge < -0.3 is 10.4 Å². The minimum atomic E-state index is -5.38. The van der Waals surface area contributed by atoms with E-state index in [4.69, 9.17) is 5.11 Å². The number of alkyl halides is 3. The Labute approximate surface area is 108 Å². The average molecular weight is 295 g/mol. The maximum absolute atomic E-state index is 12.5. The molecule has 8 heteroatoms. The fraction of sp³-hybridized carbons (Fsp3) is 0.455. The van der Waals surface area contributed by atoms with Gasteiger partial charge in [0.1, 0.15) is 0 Å². The first kappa shape index (κ1) is 14.1. The lowest BCUT2D eigenvalue weighted by Gasteiger charge is -2.33. The Hall–Kier alpha value is -1.28. The number of nitrogens with one attached hydrogen (secondary N) is 1. The van der Waals surface area contributed by atoms with Crippen LogP contribution in [-0.4, -0.2) is 31.2 Å². The molecule has 0 bridgehead atoms. The number of para-hydroxylation sites is 1. The molecule has 1 aliphatic carbocycles. The van der Waals surface area contributed by atoms with Crippen molar-refractivity contribution in [1.82, 2.24) is 0 Å². The molecule has 1 saturated carbocycles. The zero-order chi connectivity index (χ0) is 14.3. The number of aliphatic hydroxyl groups is 1. The molecule has 0 unspecified atom stereocenters. The number of aliphatic hydroxyl groups excluding tert-OH is 1. The Morgan fingerprint density at radius 2 is 1.79 bits per heavy atom. The Bertz CT molecular complexity index is 565. The third kappa shape index (κ3) is 2.69. The van der Waals surface area contributed by atoms with Crippen molar-refractivity contribution in [2.45, 2.75) is 35.4 Å². The fourth-order valence-corrected chi connectivity index (χ4v) is 2.79. The molecule has 106 valence electrons. The molecule has 0 amide bonds. The largest absolute Gasteiger partial charge is 0.501 e. The van der Waals surface area contributed by atoms with Crippen molar-refractivity contribution in [3.05, 3.63) is 24.3 Å². The number of benzene rings is 1. The van der Waals surface area contributed by atoms with Gasteiger partial charge in [-0.15, -0.1) is 0 Å². The maximum Gasteiger partial charge on any atom is 0.501 e. The van der Waals surface area contributed by atoms with Crippen molar-refractivity contribution < 1.29 is 26.7 Å². The molecule has 19 heavy (non-hydrogen) atoms. The van der Waals surface area contributed by atoms with Crippen LogP contribution in [0, 0.1) is 0 Å². The molecule has 0 heterocycles. The van der Waals surface area contributed by atoms with Gasteiger partial charge in [-0.25, -0.2) is 8.42 Å². The summed E-state index contributed by atoms with van der Waals surface area (Å²) in [5.74, 6) is 0. The summed E-state index contributed by atoms with van der Waals surface area (Å²) in [6.45, 7) is 0. The van der Waals surface area contributed by atoms with Crippen LogP contribution in [0.2, 0.25) is 0 Å². The highest BCUT2D eigenvalue weighted by molar-refractivity contribution is 7.92. The van der Waals surface area contributed by atoms with Crippen LogP contribution in [0.15, 0.2) is 29.2 Å². The summed E-state index contributed by atoms with van der Waals surface area (Å²) >= 11 is 0. The number of rotatable bonds is 3. The standard InChI is InChI=1S/C11H12F3NO3S/c12-11(13,14)19(17,18)10-4-2-1-3-9(10)15-7-5-8(16)6-7/h1-4,7-8,15-16H,5-6H2. The van der Waals surface area contributed by atoms with Crippen molar-refractivity contribution in [2.75, 3.05) is 5.32 Å². The van der Waals surface area contributed by atoms with Gasteiger partial charge in [0.15, 0.2) is 0 Å². The highest BCUT2D eigenvalue weighted by Crippen LogP contribution is 2.35. The highest BCUT2D eigenvalue weighted by atomic mass is 32.2. The van der Waals surface area contributed by atoms with Crippen molar-refractivity contribution >= 4 is 15.5 Å². The van der Waals surface area contributed by atoms with E-state index in [1.807, 2.05) is 0 Å². The second-order valence-corrected chi connectivity index (χ2v) is 6.32. The van der Waals surface area contributed by atoms with Gasteiger partial charge >= 0.3 is 5.51 Å². The molecule has 1 aromatic rings. The Morgan fingerprint density at radius 1 is 1.21 bits per heavy atom. The number of hydrogen-bond acceptors (Lipinski definition) is 4. The fourth-order valence-electron chi connectivity index (χ4n) is 1.87.